The topological polar surface area (TPSA) is 47.9 Å². The SMILES string of the molecule is COc1cc(C2(OC)CCOCC2)ccc1O. The molecule has 1 aliphatic rings. The number of hydrogen-bond donors (Lipinski definition) is 1. The van der Waals surface area contributed by atoms with Crippen LogP contribution < -0.4 is 4.74 Å². The molecule has 1 aromatic rings. The summed E-state index contributed by atoms with van der Waals surface area (Å²) in [5.74, 6) is 0.625. The van der Waals surface area contributed by atoms with Crippen molar-refractivity contribution < 1.29 is 19.3 Å². The summed E-state index contributed by atoms with van der Waals surface area (Å²) >= 11 is 0. The summed E-state index contributed by atoms with van der Waals surface area (Å²) in [6.45, 7) is 1.38. The number of aromatic hydroxyl groups is 1. The summed E-state index contributed by atoms with van der Waals surface area (Å²) in [5, 5.41) is 9.60. The first-order valence-corrected chi connectivity index (χ1v) is 5.72. The van der Waals surface area contributed by atoms with Gasteiger partial charge < -0.3 is 19.3 Å². The Hall–Kier alpha value is -1.26. The van der Waals surface area contributed by atoms with Crippen molar-refractivity contribution in [3.05, 3.63) is 23.8 Å². The van der Waals surface area contributed by atoms with Crippen molar-refractivity contribution in [2.75, 3.05) is 27.4 Å². The van der Waals surface area contributed by atoms with Gasteiger partial charge in [-0.2, -0.15) is 0 Å². The summed E-state index contributed by atoms with van der Waals surface area (Å²) in [7, 11) is 3.26. The van der Waals surface area contributed by atoms with E-state index in [1.807, 2.05) is 12.1 Å². The molecule has 4 heteroatoms. The third kappa shape index (κ3) is 2.23. The molecule has 1 heterocycles. The highest BCUT2D eigenvalue weighted by molar-refractivity contribution is 5.43. The number of methoxy groups -OCH3 is 2. The Balaban J connectivity index is 2.36. The first kappa shape index (κ1) is 12.2. The van der Waals surface area contributed by atoms with Gasteiger partial charge in [0.2, 0.25) is 0 Å². The Labute approximate surface area is 101 Å². The lowest BCUT2D eigenvalue weighted by atomic mass is 9.86. The third-order valence-corrected chi connectivity index (χ3v) is 3.40. The smallest absolute Gasteiger partial charge is 0.160 e. The van der Waals surface area contributed by atoms with Crippen molar-refractivity contribution in [1.82, 2.24) is 0 Å². The Bertz CT molecular complexity index is 383. The standard InChI is InChI=1S/C13H18O4/c1-15-12-9-10(3-4-11(12)14)13(16-2)5-7-17-8-6-13/h3-4,9,14H,5-8H2,1-2H3. The van der Waals surface area contributed by atoms with Crippen LogP contribution in [-0.2, 0) is 15.1 Å². The molecule has 1 aromatic carbocycles. The van der Waals surface area contributed by atoms with Gasteiger partial charge in [-0.05, 0) is 17.7 Å². The molecule has 0 atom stereocenters. The molecule has 2 rings (SSSR count). The fraction of sp³-hybridized carbons (Fsp3) is 0.538. The van der Waals surface area contributed by atoms with E-state index in [2.05, 4.69) is 0 Å². The molecule has 0 aromatic heterocycles. The molecule has 1 aliphatic heterocycles. The molecule has 17 heavy (non-hydrogen) atoms. The zero-order valence-corrected chi connectivity index (χ0v) is 10.2. The number of phenols is 1. The Morgan fingerprint density at radius 2 is 1.94 bits per heavy atom. The van der Waals surface area contributed by atoms with E-state index in [1.54, 1.807) is 20.3 Å². The van der Waals surface area contributed by atoms with Crippen LogP contribution in [0.15, 0.2) is 18.2 Å². The number of hydrogen-bond acceptors (Lipinski definition) is 4. The van der Waals surface area contributed by atoms with E-state index in [0.29, 0.717) is 19.0 Å². The lowest BCUT2D eigenvalue weighted by molar-refractivity contribution is -0.0948. The predicted octanol–water partition coefficient (Wildman–Crippen LogP) is 2.05. The van der Waals surface area contributed by atoms with Crippen molar-refractivity contribution in [3.8, 4) is 11.5 Å². The fourth-order valence-electron chi connectivity index (χ4n) is 2.27. The second-order valence-corrected chi connectivity index (χ2v) is 4.20. The lowest BCUT2D eigenvalue weighted by Gasteiger charge is -2.36. The lowest BCUT2D eigenvalue weighted by Crippen LogP contribution is -2.35. The molecule has 0 bridgehead atoms. The van der Waals surface area contributed by atoms with Gasteiger partial charge >= 0.3 is 0 Å². The van der Waals surface area contributed by atoms with E-state index in [0.717, 1.165) is 18.4 Å². The maximum Gasteiger partial charge on any atom is 0.160 e. The summed E-state index contributed by atoms with van der Waals surface area (Å²) in [4.78, 5) is 0. The van der Waals surface area contributed by atoms with Crippen molar-refractivity contribution in [2.24, 2.45) is 0 Å². The summed E-state index contributed by atoms with van der Waals surface area (Å²) in [6, 6.07) is 5.36. The first-order valence-electron chi connectivity index (χ1n) is 5.72. The zero-order valence-electron chi connectivity index (χ0n) is 10.2. The number of benzene rings is 1. The van der Waals surface area contributed by atoms with Gasteiger partial charge in [-0.15, -0.1) is 0 Å². The van der Waals surface area contributed by atoms with Crippen LogP contribution in [0.25, 0.3) is 0 Å². The number of phenolic OH excluding ortho intramolecular Hbond substituents is 1. The molecule has 0 spiro atoms. The molecule has 4 nitrogen and oxygen atoms in total. The normalized spacial score (nSPS) is 18.9. The monoisotopic (exact) mass is 238 g/mol. The van der Waals surface area contributed by atoms with Crippen LogP contribution in [0.3, 0.4) is 0 Å². The number of ether oxygens (including phenoxy) is 3. The molecule has 0 radical (unpaired) electrons. The highest BCUT2D eigenvalue weighted by Gasteiger charge is 2.34. The highest BCUT2D eigenvalue weighted by atomic mass is 16.5. The van der Waals surface area contributed by atoms with Gasteiger partial charge in [0.05, 0.1) is 12.7 Å². The summed E-state index contributed by atoms with van der Waals surface area (Å²) < 4.78 is 16.2. The van der Waals surface area contributed by atoms with Gasteiger partial charge in [-0.1, -0.05) is 6.07 Å². The fourth-order valence-corrected chi connectivity index (χ4v) is 2.27. The van der Waals surface area contributed by atoms with Crippen LogP contribution in [0, 0.1) is 0 Å². The summed E-state index contributed by atoms with van der Waals surface area (Å²) in [5.41, 5.74) is 0.706. The van der Waals surface area contributed by atoms with Crippen LogP contribution >= 0.6 is 0 Å². The van der Waals surface area contributed by atoms with Gasteiger partial charge in [-0.25, -0.2) is 0 Å². The summed E-state index contributed by atoms with van der Waals surface area (Å²) in [6.07, 6.45) is 1.63. The van der Waals surface area contributed by atoms with E-state index in [1.165, 1.54) is 0 Å². The molecular formula is C13H18O4. The maximum atomic E-state index is 9.60. The average Bonchev–Trinajstić information content (AvgIpc) is 2.40. The van der Waals surface area contributed by atoms with Gasteiger partial charge in [-0.3, -0.25) is 0 Å². The molecular weight excluding hydrogens is 220 g/mol. The molecule has 1 saturated heterocycles. The molecule has 0 aliphatic carbocycles. The van der Waals surface area contributed by atoms with E-state index in [-0.39, 0.29) is 11.4 Å². The van der Waals surface area contributed by atoms with Crippen molar-refractivity contribution in [2.45, 2.75) is 18.4 Å². The quantitative estimate of drug-likeness (QED) is 0.875. The Kier molecular flexibility index (Phi) is 3.54. The minimum atomic E-state index is -0.320. The average molecular weight is 238 g/mol. The van der Waals surface area contributed by atoms with Crippen LogP contribution in [0.2, 0.25) is 0 Å². The van der Waals surface area contributed by atoms with E-state index in [4.69, 9.17) is 14.2 Å². The molecule has 0 saturated carbocycles. The minimum Gasteiger partial charge on any atom is -0.504 e. The van der Waals surface area contributed by atoms with Gasteiger partial charge in [0.15, 0.2) is 11.5 Å². The van der Waals surface area contributed by atoms with Gasteiger partial charge in [0, 0.05) is 33.2 Å². The molecule has 0 amide bonds. The number of rotatable bonds is 3. The molecule has 94 valence electrons. The highest BCUT2D eigenvalue weighted by Crippen LogP contribution is 2.39. The molecule has 1 fully saturated rings. The third-order valence-electron chi connectivity index (χ3n) is 3.40. The van der Waals surface area contributed by atoms with Crippen LogP contribution in [0.4, 0.5) is 0 Å². The minimum absolute atomic E-state index is 0.148. The van der Waals surface area contributed by atoms with Gasteiger partial charge in [0.25, 0.3) is 0 Å². The second-order valence-electron chi connectivity index (χ2n) is 4.20. The zero-order chi connectivity index (χ0) is 12.3. The van der Waals surface area contributed by atoms with E-state index >= 15 is 0 Å². The first-order chi connectivity index (χ1) is 8.22. The van der Waals surface area contributed by atoms with Crippen LogP contribution in [0.1, 0.15) is 18.4 Å². The largest absolute Gasteiger partial charge is 0.504 e. The van der Waals surface area contributed by atoms with Crippen molar-refractivity contribution >= 4 is 0 Å². The van der Waals surface area contributed by atoms with Crippen LogP contribution in [0.5, 0.6) is 11.5 Å². The van der Waals surface area contributed by atoms with E-state index in [9.17, 15) is 5.11 Å². The Morgan fingerprint density at radius 1 is 1.24 bits per heavy atom. The molecule has 0 unspecified atom stereocenters. The van der Waals surface area contributed by atoms with Crippen LogP contribution in [-0.4, -0.2) is 32.5 Å². The Morgan fingerprint density at radius 3 is 2.53 bits per heavy atom. The molecule has 1 N–H and O–H groups in total. The van der Waals surface area contributed by atoms with Crippen molar-refractivity contribution in [3.63, 3.8) is 0 Å². The van der Waals surface area contributed by atoms with E-state index < -0.39 is 0 Å². The second kappa shape index (κ2) is 4.94. The predicted molar refractivity (Wildman–Crippen MR) is 63.4 cm³/mol. The van der Waals surface area contributed by atoms with Crippen molar-refractivity contribution in [1.29, 1.82) is 0 Å². The van der Waals surface area contributed by atoms with Gasteiger partial charge in [0.1, 0.15) is 0 Å². The maximum absolute atomic E-state index is 9.60.